The van der Waals surface area contributed by atoms with E-state index in [1.807, 2.05) is 0 Å². The molecule has 18 rings (SSSR count). The molecule has 5 N–H and O–H groups in total. The van der Waals surface area contributed by atoms with Crippen LogP contribution in [0.3, 0.4) is 0 Å². The van der Waals surface area contributed by atoms with Gasteiger partial charge in [0.05, 0.1) is 18.6 Å². The summed E-state index contributed by atoms with van der Waals surface area (Å²) in [5.41, 5.74) is 9.59. The molecule has 0 saturated heterocycles. The van der Waals surface area contributed by atoms with E-state index in [0.29, 0.717) is 138 Å². The van der Waals surface area contributed by atoms with Crippen molar-refractivity contribution in [3.05, 3.63) is 159 Å². The molecular formula is C70H72BN12O22S3. The lowest BCUT2D eigenvalue weighted by Gasteiger charge is -2.25. The number of carboxylic acid groups (broad SMARTS) is 1. The number of aryl methyl sites for hydroxylation is 3. The van der Waals surface area contributed by atoms with Crippen LogP contribution in [0.5, 0.6) is 34.9 Å². The van der Waals surface area contributed by atoms with Crippen LogP contribution in [0.4, 0.5) is 0 Å². The third kappa shape index (κ3) is 14.7. The molecule has 3 radical (unpaired) electrons. The number of aliphatic hydroxyl groups excluding tert-OH is 3. The van der Waals surface area contributed by atoms with E-state index in [-0.39, 0.29) is 100 Å². The number of nitrogens with one attached hydrogen (secondary N) is 1. The van der Waals surface area contributed by atoms with Crippen molar-refractivity contribution < 1.29 is 102 Å². The van der Waals surface area contributed by atoms with Gasteiger partial charge in [-0.25, -0.2) is 60.0 Å². The maximum atomic E-state index is 13.2. The summed E-state index contributed by atoms with van der Waals surface area (Å²) < 4.78 is 131. The van der Waals surface area contributed by atoms with Crippen molar-refractivity contribution in [2.75, 3.05) is 118 Å². The highest BCUT2D eigenvalue weighted by atomic mass is 32.2. The quantitative estimate of drug-likeness (QED) is 0.0861. The molecule has 9 aromatic rings. The second kappa shape index (κ2) is 30.3. The first-order valence-electron chi connectivity index (χ1n) is 33.4. The number of nitrogens with zero attached hydrogens (tertiary/aromatic N) is 11. The molecule has 0 saturated carbocycles. The largest absolute Gasteiger partial charge is 0.484 e. The third-order valence-corrected chi connectivity index (χ3v) is 24.1. The van der Waals surface area contributed by atoms with Crippen LogP contribution in [0.1, 0.15) is 60.1 Å². The predicted molar refractivity (Wildman–Crippen MR) is 380 cm³/mol. The standard InChI is InChI=1S/2C23H22N4O7S.C13H15N3O4S.C10H9NO4.CH4.B/c2*1-13-25-20-17(3-2-4-18(20)34-13)21(28)23(29)26-9-14-11-27(12-15(14)10-26)35(30,31)16-7-19-22(24-8-16)33-6-5-32-19;17-21(18,16-7-9-4-14-5-10(9)8-16)11-3-12-13(15-6-11)20-2-1-19-12;1-5-11-8-6(9(12)10(13)14)3-2-4-7(8)15-5;;/h2*2-4,7-8,21,28H,5-6,9-12H2,1H3;3,6,14H,1-2,4-5,7-8H2;2-4,9,12H,1H3,(H,13,14);1H4;/t2*21-;;;;/m10..../s1. The Kier molecular flexibility index (Phi) is 21.3. The number of carboxylic acids is 1. The maximum absolute atomic E-state index is 13.2. The molecule has 9 aliphatic heterocycles. The van der Waals surface area contributed by atoms with Gasteiger partial charge in [-0.1, -0.05) is 43.8 Å². The van der Waals surface area contributed by atoms with Crippen LogP contribution in [0.25, 0.3) is 33.3 Å². The minimum Gasteiger partial charge on any atom is -0.484 e. The van der Waals surface area contributed by atoms with Gasteiger partial charge in [-0.15, -0.1) is 0 Å². The fourth-order valence-electron chi connectivity index (χ4n) is 13.6. The van der Waals surface area contributed by atoms with Crippen molar-refractivity contribution in [3.63, 3.8) is 0 Å². The van der Waals surface area contributed by atoms with Crippen molar-refractivity contribution >= 4 is 89.6 Å². The number of carbonyl (C=O) groups excluding carboxylic acids is 2. The minimum atomic E-state index is -3.81. The van der Waals surface area contributed by atoms with Gasteiger partial charge < -0.3 is 77.2 Å². The van der Waals surface area contributed by atoms with Gasteiger partial charge in [0.15, 0.2) is 70.0 Å². The summed E-state index contributed by atoms with van der Waals surface area (Å²) in [4.78, 5) is 64.9. The highest BCUT2D eigenvalue weighted by Crippen LogP contribution is 2.40. The molecule has 2 amide bonds. The van der Waals surface area contributed by atoms with Gasteiger partial charge >= 0.3 is 5.97 Å². The molecule has 565 valence electrons. The first-order valence-corrected chi connectivity index (χ1v) is 37.7. The summed E-state index contributed by atoms with van der Waals surface area (Å²) in [6.07, 6.45) is -0.489. The highest BCUT2D eigenvalue weighted by molar-refractivity contribution is 7.89. The van der Waals surface area contributed by atoms with Crippen molar-refractivity contribution in [1.29, 1.82) is 0 Å². The van der Waals surface area contributed by atoms with Gasteiger partial charge in [0.2, 0.25) is 30.1 Å². The zero-order valence-corrected chi connectivity index (χ0v) is 59.9. The summed E-state index contributed by atoms with van der Waals surface area (Å²) >= 11 is 0. The second-order valence-electron chi connectivity index (χ2n) is 25.8. The number of oxazole rings is 3. The number of benzene rings is 3. The van der Waals surface area contributed by atoms with E-state index < -0.39 is 66.2 Å². The van der Waals surface area contributed by atoms with Crippen LogP contribution >= 0.6 is 0 Å². The Morgan fingerprint density at radius 3 is 1.02 bits per heavy atom. The van der Waals surface area contributed by atoms with Crippen LogP contribution in [0.15, 0.2) is 153 Å². The molecule has 6 aromatic heterocycles. The van der Waals surface area contributed by atoms with E-state index >= 15 is 0 Å². The molecule has 15 heterocycles. The number of ether oxygens (including phenoxy) is 6. The first kappa shape index (κ1) is 75.8. The number of amides is 2. The maximum Gasteiger partial charge on any atom is 0.337 e. The third-order valence-electron chi connectivity index (χ3n) is 18.8. The van der Waals surface area contributed by atoms with Gasteiger partial charge in [0, 0.05) is 143 Å². The smallest absolute Gasteiger partial charge is 0.337 e. The monoisotopic (exact) mass is 1540 g/mol. The van der Waals surface area contributed by atoms with Gasteiger partial charge in [0.1, 0.15) is 70.9 Å². The van der Waals surface area contributed by atoms with E-state index in [4.69, 9.17) is 46.8 Å². The Morgan fingerprint density at radius 1 is 0.426 bits per heavy atom. The SMILES string of the molecule is C.Cc1nc2c(C(O)C(=O)O)cccc2o1.Cc1nc2c([C@@H](O)C(=O)N3CC4=C(C3)CN(S(=O)(=O)c3cnc5c(c3)OCCO5)C4)cccc2o1.Cc1nc2c([C@H](O)C(=O)N3CC4=C(C3)CN(S(=O)(=O)c3cnc5c(c3)OCCO5)C4)cccc2o1.O=S(=O)(c1cnc2c(c1)OCCO2)N1CC2=C(CNC2)C1.[B]. The fraction of sp³-hybridized carbons (Fsp3) is 0.357. The van der Waals surface area contributed by atoms with Crippen molar-refractivity contribution in [1.82, 2.24) is 57.9 Å². The molecule has 0 fully saturated rings. The van der Waals surface area contributed by atoms with Crippen LogP contribution in [-0.2, 0) is 44.5 Å². The number of sulfonamides is 3. The van der Waals surface area contributed by atoms with Crippen molar-refractivity contribution in [3.8, 4) is 34.9 Å². The number of aromatic nitrogens is 6. The normalized spacial score (nSPS) is 18.2. The molecule has 9 aliphatic rings. The Morgan fingerprint density at radius 2 is 0.713 bits per heavy atom. The topological polar surface area (TPSA) is 435 Å². The number of aliphatic carboxylic acids is 1. The molecule has 108 heavy (non-hydrogen) atoms. The van der Waals surface area contributed by atoms with E-state index in [1.54, 1.807) is 69.3 Å². The number of hydrogen-bond donors (Lipinski definition) is 5. The number of pyridine rings is 3. The lowest BCUT2D eigenvalue weighted by atomic mass is 10.1. The summed E-state index contributed by atoms with van der Waals surface area (Å²) in [5.74, 6) is 1.03. The fourth-order valence-corrected chi connectivity index (χ4v) is 17.8. The number of aliphatic hydroxyl groups is 3. The van der Waals surface area contributed by atoms with E-state index in [0.717, 1.165) is 35.4 Å². The number of rotatable bonds is 12. The van der Waals surface area contributed by atoms with E-state index in [2.05, 4.69) is 35.2 Å². The molecule has 3 atom stereocenters. The summed E-state index contributed by atoms with van der Waals surface area (Å²) in [6.45, 7) is 11.5. The van der Waals surface area contributed by atoms with Gasteiger partial charge in [0.25, 0.3) is 29.5 Å². The predicted octanol–water partition coefficient (Wildman–Crippen LogP) is 3.62. The van der Waals surface area contributed by atoms with Gasteiger partial charge in [-0.05, 0) is 51.6 Å². The van der Waals surface area contributed by atoms with Crippen molar-refractivity contribution in [2.45, 2.75) is 61.2 Å². The van der Waals surface area contributed by atoms with Crippen LogP contribution in [0, 0.1) is 20.8 Å². The summed E-state index contributed by atoms with van der Waals surface area (Å²) in [5, 5.41) is 43.0. The highest BCUT2D eigenvalue weighted by Gasteiger charge is 2.43. The van der Waals surface area contributed by atoms with Crippen LogP contribution < -0.4 is 33.7 Å². The molecule has 3 aromatic carbocycles. The molecule has 0 spiro atoms. The number of para-hydroxylation sites is 3. The zero-order valence-electron chi connectivity index (χ0n) is 57.5. The summed E-state index contributed by atoms with van der Waals surface area (Å²) in [6, 6.07) is 19.3. The summed E-state index contributed by atoms with van der Waals surface area (Å²) in [7, 11) is -11.2. The Hall–Kier alpha value is -10.4. The average molecular weight is 1540 g/mol. The second-order valence-corrected chi connectivity index (χ2v) is 31.6. The molecule has 38 heteroatoms. The lowest BCUT2D eigenvalue weighted by Crippen LogP contribution is -2.38. The first-order chi connectivity index (χ1) is 50.9. The van der Waals surface area contributed by atoms with Crippen LogP contribution in [0.2, 0.25) is 0 Å². The number of fused-ring (bicyclic) bond motifs is 6. The van der Waals surface area contributed by atoms with Crippen molar-refractivity contribution in [2.24, 2.45) is 0 Å². The van der Waals surface area contributed by atoms with Gasteiger partial charge in [-0.2, -0.15) is 12.9 Å². The lowest BCUT2D eigenvalue weighted by molar-refractivity contribution is -0.147. The minimum absolute atomic E-state index is 0. The Labute approximate surface area is 619 Å². The number of carbonyl (C=O) groups is 3. The number of hydrogen-bond acceptors (Lipinski definition) is 28. The van der Waals surface area contributed by atoms with Gasteiger partial charge in [-0.3, -0.25) is 9.59 Å². The average Bonchev–Trinajstić information content (AvgIpc) is 1.61. The Bertz CT molecular complexity index is 5260. The molecule has 1 unspecified atom stereocenters. The van der Waals surface area contributed by atoms with E-state index in [1.165, 1.54) is 76.7 Å². The zero-order chi connectivity index (χ0) is 74.1. The Balaban J connectivity index is 0.000000132. The van der Waals surface area contributed by atoms with E-state index in [9.17, 15) is 55.0 Å². The molecule has 0 aliphatic carbocycles. The molecule has 0 bridgehead atoms. The molecular weight excluding hydrogens is 1470 g/mol. The molecule has 34 nitrogen and oxygen atoms in total. The van der Waals surface area contributed by atoms with Crippen LogP contribution in [-0.4, -0.2) is 243 Å².